The Labute approximate surface area is 119 Å². The molecule has 1 aromatic heterocycles. The molecule has 0 saturated carbocycles. The van der Waals surface area contributed by atoms with Crippen molar-refractivity contribution in [2.24, 2.45) is 5.92 Å². The van der Waals surface area contributed by atoms with E-state index >= 15 is 0 Å². The van der Waals surface area contributed by atoms with E-state index < -0.39 is 5.97 Å². The van der Waals surface area contributed by atoms with Crippen LogP contribution in [0.5, 0.6) is 0 Å². The first-order valence-corrected chi connectivity index (χ1v) is 7.08. The van der Waals surface area contributed by atoms with Gasteiger partial charge in [-0.25, -0.2) is 4.79 Å². The molecule has 5 heteroatoms. The molecule has 2 rings (SSSR count). The Morgan fingerprint density at radius 1 is 1.55 bits per heavy atom. The number of esters is 1. The fourth-order valence-electron chi connectivity index (χ4n) is 2.52. The first-order valence-electron chi connectivity index (χ1n) is 7.08. The monoisotopic (exact) mass is 281 g/mol. The number of nitrogens with zero attached hydrogens (tertiary/aromatic N) is 1. The highest BCUT2D eigenvalue weighted by Gasteiger charge is 2.22. The number of ether oxygens (including phenoxy) is 2. The standard InChI is InChI=1S/C15H23NO4/c1-11(13-6-7-14(20-13)15(17)18-3)16(2)9-12-5-4-8-19-10-12/h6-7,11-12H,4-5,8-10H2,1-3H3. The fourth-order valence-corrected chi connectivity index (χ4v) is 2.52. The molecule has 112 valence electrons. The maximum absolute atomic E-state index is 11.4. The van der Waals surface area contributed by atoms with Gasteiger partial charge < -0.3 is 13.9 Å². The van der Waals surface area contributed by atoms with Crippen LogP contribution in [0.1, 0.15) is 42.1 Å². The maximum Gasteiger partial charge on any atom is 0.373 e. The SMILES string of the molecule is COC(=O)c1ccc(C(C)N(C)CC2CCCOC2)o1. The van der Waals surface area contributed by atoms with Gasteiger partial charge in [-0.2, -0.15) is 0 Å². The largest absolute Gasteiger partial charge is 0.463 e. The lowest BCUT2D eigenvalue weighted by atomic mass is 10.0. The Hall–Kier alpha value is -1.33. The third kappa shape index (κ3) is 3.61. The number of carbonyl (C=O) groups is 1. The van der Waals surface area contributed by atoms with Crippen LogP contribution in [0.15, 0.2) is 16.5 Å². The average molecular weight is 281 g/mol. The highest BCUT2D eigenvalue weighted by Crippen LogP contribution is 2.24. The minimum atomic E-state index is -0.438. The zero-order chi connectivity index (χ0) is 14.5. The average Bonchev–Trinajstić information content (AvgIpc) is 2.96. The summed E-state index contributed by atoms with van der Waals surface area (Å²) in [5.41, 5.74) is 0. The highest BCUT2D eigenvalue weighted by atomic mass is 16.5. The van der Waals surface area contributed by atoms with E-state index in [9.17, 15) is 4.79 Å². The van der Waals surface area contributed by atoms with Crippen molar-refractivity contribution in [2.75, 3.05) is 33.9 Å². The molecule has 0 bridgehead atoms. The zero-order valence-electron chi connectivity index (χ0n) is 12.4. The minimum Gasteiger partial charge on any atom is -0.463 e. The van der Waals surface area contributed by atoms with Crippen molar-refractivity contribution in [2.45, 2.75) is 25.8 Å². The van der Waals surface area contributed by atoms with Crippen LogP contribution >= 0.6 is 0 Å². The molecule has 0 spiro atoms. The number of rotatable bonds is 5. The summed E-state index contributed by atoms with van der Waals surface area (Å²) in [6.07, 6.45) is 2.35. The van der Waals surface area contributed by atoms with E-state index in [1.54, 1.807) is 6.07 Å². The van der Waals surface area contributed by atoms with Crippen LogP contribution in [0.2, 0.25) is 0 Å². The van der Waals surface area contributed by atoms with Crippen molar-refractivity contribution >= 4 is 5.97 Å². The summed E-state index contributed by atoms with van der Waals surface area (Å²) in [6.45, 7) is 4.76. The van der Waals surface area contributed by atoms with E-state index in [1.807, 2.05) is 6.07 Å². The summed E-state index contributed by atoms with van der Waals surface area (Å²) in [5.74, 6) is 1.17. The van der Waals surface area contributed by atoms with Crippen molar-refractivity contribution in [3.8, 4) is 0 Å². The van der Waals surface area contributed by atoms with E-state index in [2.05, 4.69) is 23.6 Å². The van der Waals surface area contributed by atoms with Crippen LogP contribution in [0.4, 0.5) is 0 Å². The molecule has 1 aromatic rings. The first-order chi connectivity index (χ1) is 9.61. The summed E-state index contributed by atoms with van der Waals surface area (Å²) in [5, 5.41) is 0. The lowest BCUT2D eigenvalue weighted by Gasteiger charge is -2.30. The Balaban J connectivity index is 1.93. The van der Waals surface area contributed by atoms with Crippen LogP contribution in [0.25, 0.3) is 0 Å². The second-order valence-corrected chi connectivity index (χ2v) is 5.39. The van der Waals surface area contributed by atoms with Gasteiger partial charge in [0, 0.05) is 13.2 Å². The Morgan fingerprint density at radius 2 is 2.35 bits per heavy atom. The van der Waals surface area contributed by atoms with Crippen molar-refractivity contribution in [1.82, 2.24) is 4.90 Å². The third-order valence-corrected chi connectivity index (χ3v) is 3.89. The summed E-state index contributed by atoms with van der Waals surface area (Å²) >= 11 is 0. The predicted octanol–water partition coefficient (Wildman–Crippen LogP) is 2.49. The van der Waals surface area contributed by atoms with Gasteiger partial charge in [0.05, 0.1) is 19.8 Å². The van der Waals surface area contributed by atoms with E-state index in [1.165, 1.54) is 13.5 Å². The Kier molecular flexibility index (Phi) is 5.20. The molecule has 2 heterocycles. The number of furan rings is 1. The second kappa shape index (κ2) is 6.90. The van der Waals surface area contributed by atoms with Crippen LogP contribution in [-0.2, 0) is 9.47 Å². The summed E-state index contributed by atoms with van der Waals surface area (Å²) in [6, 6.07) is 3.62. The van der Waals surface area contributed by atoms with Crippen molar-refractivity contribution in [1.29, 1.82) is 0 Å². The molecule has 1 fully saturated rings. The molecular formula is C15H23NO4. The predicted molar refractivity (Wildman–Crippen MR) is 74.6 cm³/mol. The van der Waals surface area contributed by atoms with Crippen molar-refractivity contribution < 1.29 is 18.7 Å². The van der Waals surface area contributed by atoms with Crippen molar-refractivity contribution in [3.05, 3.63) is 23.7 Å². The molecule has 1 saturated heterocycles. The van der Waals surface area contributed by atoms with Gasteiger partial charge in [0.1, 0.15) is 5.76 Å². The molecule has 1 aliphatic heterocycles. The Morgan fingerprint density at radius 3 is 3.00 bits per heavy atom. The molecule has 2 unspecified atom stereocenters. The van der Waals surface area contributed by atoms with Crippen LogP contribution in [0, 0.1) is 5.92 Å². The topological polar surface area (TPSA) is 51.9 Å². The molecule has 1 aliphatic rings. The van der Waals surface area contributed by atoms with Gasteiger partial charge >= 0.3 is 5.97 Å². The van der Waals surface area contributed by atoms with E-state index in [0.29, 0.717) is 5.92 Å². The molecule has 5 nitrogen and oxygen atoms in total. The number of methoxy groups -OCH3 is 1. The van der Waals surface area contributed by atoms with Crippen LogP contribution < -0.4 is 0 Å². The molecule has 2 atom stereocenters. The first kappa shape index (κ1) is 15.1. The molecule has 0 aliphatic carbocycles. The van der Waals surface area contributed by atoms with Gasteiger partial charge in [-0.3, -0.25) is 4.90 Å². The number of hydrogen-bond acceptors (Lipinski definition) is 5. The quantitative estimate of drug-likeness (QED) is 0.776. The van der Waals surface area contributed by atoms with Crippen LogP contribution in [-0.4, -0.2) is 44.8 Å². The molecule has 20 heavy (non-hydrogen) atoms. The Bertz CT molecular complexity index is 437. The number of carbonyl (C=O) groups excluding carboxylic acids is 1. The van der Waals surface area contributed by atoms with Gasteiger partial charge in [-0.05, 0) is 44.9 Å². The molecule has 0 N–H and O–H groups in total. The fraction of sp³-hybridized carbons (Fsp3) is 0.667. The highest BCUT2D eigenvalue weighted by molar-refractivity contribution is 5.86. The lowest BCUT2D eigenvalue weighted by molar-refractivity contribution is 0.0355. The zero-order valence-corrected chi connectivity index (χ0v) is 12.4. The summed E-state index contributed by atoms with van der Waals surface area (Å²) < 4.78 is 15.7. The molecule has 0 aromatic carbocycles. The molecule has 0 amide bonds. The van der Waals surface area contributed by atoms with Gasteiger partial charge in [0.15, 0.2) is 0 Å². The van der Waals surface area contributed by atoms with Gasteiger partial charge in [-0.1, -0.05) is 0 Å². The van der Waals surface area contributed by atoms with Gasteiger partial charge in [0.25, 0.3) is 0 Å². The van der Waals surface area contributed by atoms with Gasteiger partial charge in [0.2, 0.25) is 5.76 Å². The molecular weight excluding hydrogens is 258 g/mol. The summed E-state index contributed by atoms with van der Waals surface area (Å²) in [4.78, 5) is 13.6. The molecule has 0 radical (unpaired) electrons. The minimum absolute atomic E-state index is 0.121. The van der Waals surface area contributed by atoms with E-state index in [0.717, 1.165) is 31.9 Å². The summed E-state index contributed by atoms with van der Waals surface area (Å²) in [7, 11) is 3.42. The van der Waals surface area contributed by atoms with E-state index in [-0.39, 0.29) is 11.8 Å². The second-order valence-electron chi connectivity index (χ2n) is 5.39. The third-order valence-electron chi connectivity index (χ3n) is 3.89. The van der Waals surface area contributed by atoms with Crippen molar-refractivity contribution in [3.63, 3.8) is 0 Å². The smallest absolute Gasteiger partial charge is 0.373 e. The maximum atomic E-state index is 11.4. The number of hydrogen-bond donors (Lipinski definition) is 0. The van der Waals surface area contributed by atoms with E-state index in [4.69, 9.17) is 9.15 Å². The normalized spacial score (nSPS) is 20.9. The van der Waals surface area contributed by atoms with Crippen LogP contribution in [0.3, 0.4) is 0 Å². The lowest BCUT2D eigenvalue weighted by Crippen LogP contribution is -2.32. The van der Waals surface area contributed by atoms with Gasteiger partial charge in [-0.15, -0.1) is 0 Å².